The molecule has 0 bridgehead atoms. The molecule has 86 valence electrons. The Kier molecular flexibility index (Phi) is 3.09. The molecule has 0 aliphatic heterocycles. The van der Waals surface area contributed by atoms with Gasteiger partial charge in [-0.3, -0.25) is 0 Å². The fourth-order valence-electron chi connectivity index (χ4n) is 1.38. The van der Waals surface area contributed by atoms with Crippen molar-refractivity contribution in [1.82, 2.24) is 4.98 Å². The minimum Gasteiger partial charge on any atom is -0.438 e. The van der Waals surface area contributed by atoms with E-state index in [1.54, 1.807) is 0 Å². The van der Waals surface area contributed by atoms with Crippen LogP contribution in [0.5, 0.6) is 0 Å². The molecule has 2 rings (SSSR count). The van der Waals surface area contributed by atoms with Crippen LogP contribution in [0.15, 0.2) is 16.5 Å². The third kappa shape index (κ3) is 1.89. The van der Waals surface area contributed by atoms with Gasteiger partial charge in [0.15, 0.2) is 5.58 Å². The first-order valence-electron chi connectivity index (χ1n) is 4.64. The van der Waals surface area contributed by atoms with Crippen LogP contribution in [0, 0.1) is 5.82 Å². The lowest BCUT2D eigenvalue weighted by Gasteiger charge is -2.06. The number of halogens is 2. The highest BCUT2D eigenvalue weighted by Crippen LogP contribution is 2.26. The summed E-state index contributed by atoms with van der Waals surface area (Å²) >= 11 is 5.63. The Labute approximate surface area is 96.1 Å². The molecule has 0 amide bonds. The number of nitrogens with two attached hydrogens (primary N) is 1. The van der Waals surface area contributed by atoms with Crippen molar-refractivity contribution in [2.24, 2.45) is 5.73 Å². The summed E-state index contributed by atoms with van der Waals surface area (Å²) in [6.45, 7) is 0.236. The molecule has 1 aromatic carbocycles. The monoisotopic (exact) mass is 244 g/mol. The second kappa shape index (κ2) is 4.37. The lowest BCUT2D eigenvalue weighted by Crippen LogP contribution is -2.14. The van der Waals surface area contributed by atoms with Crippen molar-refractivity contribution in [2.75, 3.05) is 13.7 Å². The molecule has 0 spiro atoms. The van der Waals surface area contributed by atoms with Crippen molar-refractivity contribution in [3.63, 3.8) is 0 Å². The van der Waals surface area contributed by atoms with Gasteiger partial charge in [0.1, 0.15) is 17.4 Å². The van der Waals surface area contributed by atoms with E-state index in [1.807, 2.05) is 0 Å². The number of ether oxygens (including phenoxy) is 1. The van der Waals surface area contributed by atoms with Crippen molar-refractivity contribution in [3.05, 3.63) is 28.9 Å². The highest BCUT2D eigenvalue weighted by molar-refractivity contribution is 6.31. The molecule has 1 heterocycles. The first kappa shape index (κ1) is 11.3. The summed E-state index contributed by atoms with van der Waals surface area (Å²) < 4.78 is 23.5. The van der Waals surface area contributed by atoms with E-state index in [1.165, 1.54) is 19.2 Å². The summed E-state index contributed by atoms with van der Waals surface area (Å²) in [6.07, 6.45) is -0.436. The maximum atomic E-state index is 13.1. The van der Waals surface area contributed by atoms with E-state index >= 15 is 0 Å². The van der Waals surface area contributed by atoms with Gasteiger partial charge in [-0.1, -0.05) is 11.6 Å². The Morgan fingerprint density at radius 1 is 1.62 bits per heavy atom. The molecule has 1 aromatic heterocycles. The normalized spacial score (nSPS) is 13.2. The Bertz CT molecular complexity index is 472. The molecule has 0 aliphatic carbocycles. The van der Waals surface area contributed by atoms with Crippen molar-refractivity contribution in [2.45, 2.75) is 6.10 Å². The van der Waals surface area contributed by atoms with Crippen LogP contribution in [-0.4, -0.2) is 18.6 Å². The van der Waals surface area contributed by atoms with Gasteiger partial charge in [0.25, 0.3) is 0 Å². The molecule has 1 atom stereocenters. The van der Waals surface area contributed by atoms with Crippen LogP contribution in [0.25, 0.3) is 11.1 Å². The first-order valence-corrected chi connectivity index (χ1v) is 5.02. The van der Waals surface area contributed by atoms with E-state index in [0.29, 0.717) is 17.0 Å². The Balaban J connectivity index is 2.51. The quantitative estimate of drug-likeness (QED) is 0.900. The molecule has 0 saturated heterocycles. The molecular formula is C10H10ClFN2O2. The lowest BCUT2D eigenvalue weighted by molar-refractivity contribution is 0.0878. The van der Waals surface area contributed by atoms with Crippen LogP contribution in [0.2, 0.25) is 5.02 Å². The zero-order valence-electron chi connectivity index (χ0n) is 8.54. The molecule has 4 nitrogen and oxygen atoms in total. The van der Waals surface area contributed by atoms with Crippen molar-refractivity contribution < 1.29 is 13.5 Å². The average molecular weight is 245 g/mol. The molecule has 2 N–H and O–H groups in total. The molecule has 0 fully saturated rings. The fraction of sp³-hybridized carbons (Fsp3) is 0.300. The van der Waals surface area contributed by atoms with Gasteiger partial charge in [0.2, 0.25) is 5.89 Å². The van der Waals surface area contributed by atoms with Crippen molar-refractivity contribution in [3.8, 4) is 0 Å². The summed E-state index contributed by atoms with van der Waals surface area (Å²) in [7, 11) is 1.50. The number of hydrogen-bond donors (Lipinski definition) is 1. The van der Waals surface area contributed by atoms with Gasteiger partial charge in [0, 0.05) is 19.7 Å². The predicted octanol–water partition coefficient (Wildman–Crippen LogP) is 2.27. The zero-order chi connectivity index (χ0) is 11.7. The zero-order valence-corrected chi connectivity index (χ0v) is 9.29. The molecule has 0 aliphatic rings. The van der Waals surface area contributed by atoms with Gasteiger partial charge in [-0.25, -0.2) is 9.37 Å². The standard InChI is InChI=1S/C10H10ClFN2O2/c1-15-9(4-13)10-14-7-2-5(11)6(12)3-8(7)16-10/h2-3,9H,4,13H2,1H3. The number of fused-ring (bicyclic) bond motifs is 1. The van der Waals surface area contributed by atoms with E-state index in [-0.39, 0.29) is 11.6 Å². The molecule has 1 unspecified atom stereocenters. The summed E-state index contributed by atoms with van der Waals surface area (Å²) in [5.74, 6) is -0.222. The Morgan fingerprint density at radius 3 is 3.00 bits per heavy atom. The van der Waals surface area contributed by atoms with E-state index in [9.17, 15) is 4.39 Å². The van der Waals surface area contributed by atoms with Gasteiger partial charge >= 0.3 is 0 Å². The smallest absolute Gasteiger partial charge is 0.225 e. The minimum absolute atomic E-state index is 0.00839. The van der Waals surface area contributed by atoms with Gasteiger partial charge < -0.3 is 14.9 Å². The SMILES string of the molecule is COC(CN)c1nc2cc(Cl)c(F)cc2o1. The van der Waals surface area contributed by atoms with E-state index in [0.717, 1.165) is 0 Å². The third-order valence-electron chi connectivity index (χ3n) is 2.22. The number of hydrogen-bond acceptors (Lipinski definition) is 4. The summed E-state index contributed by atoms with van der Waals surface area (Å²) in [6, 6.07) is 2.60. The number of methoxy groups -OCH3 is 1. The number of rotatable bonds is 3. The summed E-state index contributed by atoms with van der Waals surface area (Å²) in [4.78, 5) is 4.13. The molecule has 16 heavy (non-hydrogen) atoms. The molecule has 0 saturated carbocycles. The summed E-state index contributed by atoms with van der Waals surface area (Å²) in [5, 5.41) is 0.00839. The van der Waals surface area contributed by atoms with Gasteiger partial charge in [-0.05, 0) is 6.07 Å². The highest BCUT2D eigenvalue weighted by atomic mass is 35.5. The van der Waals surface area contributed by atoms with Crippen LogP contribution < -0.4 is 5.73 Å². The third-order valence-corrected chi connectivity index (χ3v) is 2.51. The molecule has 6 heteroatoms. The van der Waals surface area contributed by atoms with Crippen LogP contribution in [-0.2, 0) is 4.74 Å². The number of nitrogens with zero attached hydrogens (tertiary/aromatic N) is 1. The molecule has 2 aromatic rings. The number of oxazole rings is 1. The lowest BCUT2D eigenvalue weighted by atomic mass is 10.3. The van der Waals surface area contributed by atoms with Crippen molar-refractivity contribution in [1.29, 1.82) is 0 Å². The number of benzene rings is 1. The first-order chi connectivity index (χ1) is 7.65. The van der Waals surface area contributed by atoms with Crippen LogP contribution >= 0.6 is 11.6 Å². The van der Waals surface area contributed by atoms with E-state index < -0.39 is 11.9 Å². The Morgan fingerprint density at radius 2 is 2.38 bits per heavy atom. The number of aromatic nitrogens is 1. The summed E-state index contributed by atoms with van der Waals surface area (Å²) in [5.41, 5.74) is 6.28. The van der Waals surface area contributed by atoms with Gasteiger partial charge in [-0.15, -0.1) is 0 Å². The second-order valence-electron chi connectivity index (χ2n) is 3.25. The Hall–Kier alpha value is -1.17. The van der Waals surface area contributed by atoms with Gasteiger partial charge in [-0.2, -0.15) is 0 Å². The largest absolute Gasteiger partial charge is 0.438 e. The fourth-order valence-corrected chi connectivity index (χ4v) is 1.53. The maximum absolute atomic E-state index is 13.1. The molecular weight excluding hydrogens is 235 g/mol. The van der Waals surface area contributed by atoms with Crippen LogP contribution in [0.4, 0.5) is 4.39 Å². The predicted molar refractivity (Wildman–Crippen MR) is 57.8 cm³/mol. The van der Waals surface area contributed by atoms with E-state index in [4.69, 9.17) is 26.5 Å². The maximum Gasteiger partial charge on any atom is 0.225 e. The second-order valence-corrected chi connectivity index (χ2v) is 3.65. The highest BCUT2D eigenvalue weighted by Gasteiger charge is 2.17. The molecule has 0 radical (unpaired) electrons. The van der Waals surface area contributed by atoms with E-state index in [2.05, 4.69) is 4.98 Å². The van der Waals surface area contributed by atoms with Gasteiger partial charge in [0.05, 0.1) is 5.02 Å². The van der Waals surface area contributed by atoms with Crippen molar-refractivity contribution >= 4 is 22.7 Å². The van der Waals surface area contributed by atoms with Crippen LogP contribution in [0.3, 0.4) is 0 Å². The van der Waals surface area contributed by atoms with Crippen LogP contribution in [0.1, 0.15) is 12.0 Å². The average Bonchev–Trinajstić information content (AvgIpc) is 2.63. The topological polar surface area (TPSA) is 61.3 Å². The minimum atomic E-state index is -0.543.